The predicted octanol–water partition coefficient (Wildman–Crippen LogP) is 3.30. The highest BCUT2D eigenvalue weighted by atomic mass is 35.5. The second kappa shape index (κ2) is 9.47. The van der Waals surface area contributed by atoms with E-state index < -0.39 is 0 Å². The zero-order chi connectivity index (χ0) is 15.4. The minimum Gasteiger partial charge on any atom is -0.354 e. The summed E-state index contributed by atoms with van der Waals surface area (Å²) in [5, 5.41) is 3.42. The van der Waals surface area contributed by atoms with Crippen molar-refractivity contribution < 1.29 is 0 Å². The van der Waals surface area contributed by atoms with E-state index in [4.69, 9.17) is 0 Å². The van der Waals surface area contributed by atoms with Gasteiger partial charge in [-0.1, -0.05) is 30.3 Å². The third kappa shape index (κ3) is 4.84. The van der Waals surface area contributed by atoms with Crippen molar-refractivity contribution in [2.45, 2.75) is 6.54 Å². The fourth-order valence-electron chi connectivity index (χ4n) is 2.40. The summed E-state index contributed by atoms with van der Waals surface area (Å²) < 4.78 is 2.14. The van der Waals surface area contributed by atoms with Crippen molar-refractivity contribution >= 4 is 41.9 Å². The summed E-state index contributed by atoms with van der Waals surface area (Å²) in [4.78, 5) is 11.3. The quantitative estimate of drug-likeness (QED) is 0.725. The molecule has 1 aromatic carbocycles. The first-order valence-electron chi connectivity index (χ1n) is 7.48. The number of imidazole rings is 1. The molecule has 2 heterocycles. The lowest BCUT2D eigenvalue weighted by Gasteiger charge is -2.13. The van der Waals surface area contributed by atoms with E-state index in [1.165, 1.54) is 5.56 Å². The second-order valence-electron chi connectivity index (χ2n) is 5.58. The maximum absolute atomic E-state index is 4.68. The van der Waals surface area contributed by atoms with E-state index in [0.717, 1.165) is 36.7 Å². The Bertz CT molecular complexity index is 743. The van der Waals surface area contributed by atoms with Crippen LogP contribution >= 0.6 is 24.8 Å². The summed E-state index contributed by atoms with van der Waals surface area (Å²) in [7, 11) is 4.13. The van der Waals surface area contributed by atoms with Gasteiger partial charge in [-0.2, -0.15) is 0 Å². The van der Waals surface area contributed by atoms with Gasteiger partial charge in [-0.25, -0.2) is 9.97 Å². The topological polar surface area (TPSA) is 46.0 Å². The number of halogens is 2. The number of aromatic nitrogens is 3. The molecule has 0 spiro atoms. The molecule has 0 fully saturated rings. The number of rotatable bonds is 6. The van der Waals surface area contributed by atoms with E-state index in [1.807, 2.05) is 24.4 Å². The van der Waals surface area contributed by atoms with Crippen LogP contribution in [-0.2, 0) is 6.54 Å². The number of hydrogen-bond acceptors (Lipinski definition) is 4. The molecule has 0 aliphatic rings. The van der Waals surface area contributed by atoms with Crippen molar-refractivity contribution in [3.8, 4) is 0 Å². The van der Waals surface area contributed by atoms with E-state index in [-0.39, 0.29) is 24.8 Å². The minimum absolute atomic E-state index is 0. The zero-order valence-electron chi connectivity index (χ0n) is 13.8. The van der Waals surface area contributed by atoms with Crippen LogP contribution in [0, 0.1) is 0 Å². The van der Waals surface area contributed by atoms with Gasteiger partial charge in [-0.15, -0.1) is 24.8 Å². The number of benzene rings is 1. The molecule has 0 aliphatic carbocycles. The average Bonchev–Trinajstić information content (AvgIpc) is 2.86. The molecule has 1 N–H and O–H groups in total. The van der Waals surface area contributed by atoms with Gasteiger partial charge in [-0.3, -0.25) is 4.57 Å². The summed E-state index contributed by atoms with van der Waals surface area (Å²) >= 11 is 0. The Morgan fingerprint density at radius 1 is 1.04 bits per heavy atom. The molecule has 5 nitrogen and oxygen atoms in total. The Morgan fingerprint density at radius 2 is 1.79 bits per heavy atom. The van der Waals surface area contributed by atoms with Crippen LogP contribution in [0.25, 0.3) is 11.2 Å². The molecule has 0 saturated carbocycles. The maximum atomic E-state index is 4.68. The Morgan fingerprint density at radius 3 is 2.50 bits per heavy atom. The molecule has 0 radical (unpaired) electrons. The second-order valence-corrected chi connectivity index (χ2v) is 5.58. The Labute approximate surface area is 154 Å². The molecule has 3 rings (SSSR count). The number of fused-ring (bicyclic) bond motifs is 1. The first-order chi connectivity index (χ1) is 10.7. The molecule has 24 heavy (non-hydrogen) atoms. The van der Waals surface area contributed by atoms with Crippen LogP contribution in [0.2, 0.25) is 0 Å². The minimum atomic E-state index is 0. The van der Waals surface area contributed by atoms with Crippen LogP contribution in [-0.4, -0.2) is 46.6 Å². The van der Waals surface area contributed by atoms with Crippen molar-refractivity contribution in [3.63, 3.8) is 0 Å². The monoisotopic (exact) mass is 367 g/mol. The number of hydrogen-bond donors (Lipinski definition) is 1. The van der Waals surface area contributed by atoms with Crippen molar-refractivity contribution in [1.29, 1.82) is 0 Å². The molecule has 0 atom stereocenters. The average molecular weight is 368 g/mol. The van der Waals surface area contributed by atoms with Gasteiger partial charge in [0.1, 0.15) is 5.52 Å². The molecule has 3 aromatic rings. The van der Waals surface area contributed by atoms with E-state index >= 15 is 0 Å². The summed E-state index contributed by atoms with van der Waals surface area (Å²) in [6, 6.07) is 14.3. The highest BCUT2D eigenvalue weighted by Gasteiger charge is 2.11. The largest absolute Gasteiger partial charge is 0.354 e. The van der Waals surface area contributed by atoms with E-state index in [0.29, 0.717) is 0 Å². The number of anilines is 1. The fraction of sp³-hybridized carbons (Fsp3) is 0.294. The normalized spacial score (nSPS) is 10.3. The maximum Gasteiger partial charge on any atom is 0.205 e. The lowest BCUT2D eigenvalue weighted by atomic mass is 10.2. The molecule has 130 valence electrons. The third-order valence-corrected chi connectivity index (χ3v) is 3.53. The van der Waals surface area contributed by atoms with E-state index in [1.54, 1.807) is 0 Å². The van der Waals surface area contributed by atoms with Crippen LogP contribution in [0.4, 0.5) is 5.95 Å². The van der Waals surface area contributed by atoms with E-state index in [9.17, 15) is 0 Å². The third-order valence-electron chi connectivity index (χ3n) is 3.53. The van der Waals surface area contributed by atoms with E-state index in [2.05, 4.69) is 63.1 Å². The highest BCUT2D eigenvalue weighted by Crippen LogP contribution is 2.19. The lowest BCUT2D eigenvalue weighted by molar-refractivity contribution is 0.424. The van der Waals surface area contributed by atoms with Gasteiger partial charge in [0.25, 0.3) is 0 Å². The first-order valence-corrected chi connectivity index (χ1v) is 7.48. The fourth-order valence-corrected chi connectivity index (χ4v) is 2.40. The molecular weight excluding hydrogens is 345 g/mol. The van der Waals surface area contributed by atoms with Crippen molar-refractivity contribution in [1.82, 2.24) is 19.4 Å². The summed E-state index contributed by atoms with van der Waals surface area (Å²) in [5.74, 6) is 0.874. The Kier molecular flexibility index (Phi) is 7.98. The van der Waals surface area contributed by atoms with Gasteiger partial charge in [0.05, 0.1) is 6.54 Å². The van der Waals surface area contributed by atoms with Gasteiger partial charge in [0, 0.05) is 19.3 Å². The molecule has 0 bridgehead atoms. The van der Waals surface area contributed by atoms with Crippen LogP contribution < -0.4 is 5.32 Å². The SMILES string of the molecule is CN(C)CCNc1nc2cccnc2n1Cc1ccccc1.Cl.Cl. The van der Waals surface area contributed by atoms with Gasteiger partial charge >= 0.3 is 0 Å². The van der Waals surface area contributed by atoms with Gasteiger partial charge in [0.2, 0.25) is 5.95 Å². The van der Waals surface area contributed by atoms with Crippen molar-refractivity contribution in [2.24, 2.45) is 0 Å². The smallest absolute Gasteiger partial charge is 0.205 e. The molecule has 2 aromatic heterocycles. The van der Waals surface area contributed by atoms with Crippen molar-refractivity contribution in [2.75, 3.05) is 32.5 Å². The zero-order valence-corrected chi connectivity index (χ0v) is 15.5. The molecule has 0 saturated heterocycles. The Balaban J connectivity index is 0.00000144. The van der Waals surface area contributed by atoms with Crippen LogP contribution in [0.5, 0.6) is 0 Å². The van der Waals surface area contributed by atoms with Gasteiger partial charge in [-0.05, 0) is 31.8 Å². The molecule has 0 amide bonds. The summed E-state index contributed by atoms with van der Waals surface area (Å²) in [6.07, 6.45) is 1.81. The molecule has 0 aliphatic heterocycles. The molecule has 7 heteroatoms. The molecular formula is C17H23Cl2N5. The van der Waals surface area contributed by atoms with Crippen LogP contribution in [0.1, 0.15) is 5.56 Å². The number of nitrogens with zero attached hydrogens (tertiary/aromatic N) is 4. The van der Waals surface area contributed by atoms with Crippen LogP contribution in [0.3, 0.4) is 0 Å². The van der Waals surface area contributed by atoms with Gasteiger partial charge < -0.3 is 10.2 Å². The lowest BCUT2D eigenvalue weighted by Crippen LogP contribution is -2.22. The standard InChI is InChI=1S/C17H21N5.2ClH/c1-21(2)12-11-19-17-20-15-9-6-10-18-16(15)22(17)13-14-7-4-3-5-8-14;;/h3-10H,11-13H2,1-2H3,(H,19,20);2*1H. The predicted molar refractivity (Wildman–Crippen MR) is 105 cm³/mol. The van der Waals surface area contributed by atoms with Crippen molar-refractivity contribution in [3.05, 3.63) is 54.2 Å². The number of pyridine rings is 1. The summed E-state index contributed by atoms with van der Waals surface area (Å²) in [6.45, 7) is 2.58. The Hall–Kier alpha value is -1.82. The van der Waals surface area contributed by atoms with Crippen LogP contribution in [0.15, 0.2) is 48.7 Å². The van der Waals surface area contributed by atoms with Gasteiger partial charge in [0.15, 0.2) is 5.65 Å². The number of nitrogens with one attached hydrogen (secondary N) is 1. The summed E-state index contributed by atoms with van der Waals surface area (Å²) in [5.41, 5.74) is 3.08. The molecule has 0 unspecified atom stereocenters. The first kappa shape index (κ1) is 20.2. The number of likely N-dealkylation sites (N-methyl/N-ethyl adjacent to an activating group) is 1. The highest BCUT2D eigenvalue weighted by molar-refractivity contribution is 5.85.